The van der Waals surface area contributed by atoms with Crippen molar-refractivity contribution in [3.05, 3.63) is 52.4 Å². The van der Waals surface area contributed by atoms with Crippen molar-refractivity contribution < 1.29 is 24.0 Å². The number of ether oxygens (including phenoxy) is 2. The number of carbonyl (C=O) groups is 2. The fraction of sp³-hybridized carbons (Fsp3) is 0.519. The van der Waals surface area contributed by atoms with E-state index in [1.807, 2.05) is 6.08 Å². The Balaban J connectivity index is 2.09. The maximum Gasteiger partial charge on any atom is 0.408 e. The number of hydrogen-bond acceptors (Lipinski definition) is 7. The molecule has 2 heterocycles. The summed E-state index contributed by atoms with van der Waals surface area (Å²) < 4.78 is 13.3. The van der Waals surface area contributed by atoms with Gasteiger partial charge >= 0.3 is 6.09 Å². The highest BCUT2D eigenvalue weighted by molar-refractivity contribution is 6.76. The van der Waals surface area contributed by atoms with Gasteiger partial charge in [0.05, 0.1) is 28.3 Å². The molecule has 39 heavy (non-hydrogen) atoms. The number of non-ortho nitro benzene ring substituents is 1. The standard InChI is InChI=1S/C27H39N5O6Si/c1-18-9-8-10-21(30-26(34)38-27(2,3)4)23-16-31(17-37-13-14-39(5,6)7)24(28-23)20-12-11-19(32(35)36)15-22(20)29-25(18)33/h8-9,11-12,15-16,18,21H,10,13-14,17H2,1-7H3,(H,29,33)(H,30,34)/b9-8-/t18-,21+/m1/s1. The van der Waals surface area contributed by atoms with Crippen molar-refractivity contribution in [3.8, 4) is 11.4 Å². The van der Waals surface area contributed by atoms with Gasteiger partial charge in [0.2, 0.25) is 5.91 Å². The first-order chi connectivity index (χ1) is 18.1. The van der Waals surface area contributed by atoms with Crippen LogP contribution in [0.15, 0.2) is 36.5 Å². The average Bonchev–Trinajstić information content (AvgIpc) is 3.22. The third-order valence-corrected chi connectivity index (χ3v) is 7.70. The zero-order valence-corrected chi connectivity index (χ0v) is 24.7. The molecule has 1 aliphatic heterocycles. The molecule has 3 rings (SSSR count). The normalized spacial score (nSPS) is 18.7. The molecule has 2 N–H and O–H groups in total. The molecule has 2 bridgehead atoms. The number of imidazole rings is 1. The number of hydrogen-bond donors (Lipinski definition) is 2. The average molecular weight is 558 g/mol. The van der Waals surface area contributed by atoms with E-state index in [0.29, 0.717) is 30.1 Å². The van der Waals surface area contributed by atoms with Gasteiger partial charge in [-0.05, 0) is 39.3 Å². The molecule has 12 heteroatoms. The number of nitrogens with zero attached hydrogens (tertiary/aromatic N) is 3. The zero-order valence-electron chi connectivity index (χ0n) is 23.7. The van der Waals surface area contributed by atoms with E-state index in [0.717, 1.165) is 6.04 Å². The number of amides is 2. The second-order valence-corrected chi connectivity index (χ2v) is 17.6. The van der Waals surface area contributed by atoms with Crippen LogP contribution in [0.5, 0.6) is 0 Å². The Morgan fingerprint density at radius 3 is 2.67 bits per heavy atom. The Hall–Kier alpha value is -3.51. The molecule has 0 radical (unpaired) electrons. The van der Waals surface area contributed by atoms with E-state index in [2.05, 4.69) is 30.3 Å². The maximum atomic E-state index is 13.0. The maximum absolute atomic E-state index is 13.0. The SMILES string of the molecule is C[C@@H]1/C=C\C[C@H](NC(=O)OC(C)(C)C)c2cn(COCC[Si](C)(C)C)c(n2)-c2ccc([N+](=O)[O-])cc2NC1=O. The number of nitrogens with one attached hydrogen (secondary N) is 2. The highest BCUT2D eigenvalue weighted by atomic mass is 28.3. The van der Waals surface area contributed by atoms with Crippen LogP contribution in [0.4, 0.5) is 16.2 Å². The lowest BCUT2D eigenvalue weighted by Gasteiger charge is -2.22. The number of fused-ring (bicyclic) bond motifs is 4. The number of alkyl carbamates (subject to hydrolysis) is 1. The summed E-state index contributed by atoms with van der Waals surface area (Å²) in [5, 5.41) is 17.2. The van der Waals surface area contributed by atoms with Crippen molar-refractivity contribution >= 4 is 31.4 Å². The van der Waals surface area contributed by atoms with Crippen LogP contribution in [0.1, 0.15) is 45.9 Å². The summed E-state index contributed by atoms with van der Waals surface area (Å²) in [6, 6.07) is 4.71. The summed E-state index contributed by atoms with van der Waals surface area (Å²) >= 11 is 0. The molecule has 0 saturated heterocycles. The number of aromatic nitrogens is 2. The summed E-state index contributed by atoms with van der Waals surface area (Å²) in [5.41, 5.74) is 0.506. The molecule has 1 aromatic heterocycles. The molecule has 1 aliphatic rings. The molecule has 2 aromatic rings. The van der Waals surface area contributed by atoms with E-state index < -0.39 is 36.7 Å². The fourth-order valence-electron chi connectivity index (χ4n) is 3.86. The molecular formula is C27H39N5O6Si. The minimum atomic E-state index is -1.31. The Bertz CT molecular complexity index is 1240. The van der Waals surface area contributed by atoms with Crippen LogP contribution in [0.3, 0.4) is 0 Å². The van der Waals surface area contributed by atoms with E-state index in [4.69, 9.17) is 14.5 Å². The number of nitro groups is 1. The second-order valence-electron chi connectivity index (χ2n) is 11.9. The molecule has 0 aliphatic carbocycles. The predicted molar refractivity (Wildman–Crippen MR) is 152 cm³/mol. The highest BCUT2D eigenvalue weighted by Gasteiger charge is 2.26. The van der Waals surface area contributed by atoms with Gasteiger partial charge < -0.3 is 24.7 Å². The summed E-state index contributed by atoms with van der Waals surface area (Å²) in [5.74, 6) is -0.389. The van der Waals surface area contributed by atoms with Gasteiger partial charge in [-0.1, -0.05) is 38.7 Å². The van der Waals surface area contributed by atoms with Crippen molar-refractivity contribution in [1.82, 2.24) is 14.9 Å². The van der Waals surface area contributed by atoms with Gasteiger partial charge in [-0.2, -0.15) is 0 Å². The second kappa shape index (κ2) is 12.1. The molecule has 1 aromatic carbocycles. The van der Waals surface area contributed by atoms with Gasteiger partial charge in [-0.3, -0.25) is 14.9 Å². The lowest BCUT2D eigenvalue weighted by atomic mass is 10.1. The highest BCUT2D eigenvalue weighted by Crippen LogP contribution is 2.33. The van der Waals surface area contributed by atoms with Crippen LogP contribution >= 0.6 is 0 Å². The van der Waals surface area contributed by atoms with Crippen molar-refractivity contribution in [2.24, 2.45) is 5.92 Å². The van der Waals surface area contributed by atoms with Gasteiger partial charge in [0, 0.05) is 38.6 Å². The molecule has 2 atom stereocenters. The third-order valence-electron chi connectivity index (χ3n) is 5.99. The Labute approximate surface area is 230 Å². The molecule has 0 unspecified atom stereocenters. The summed E-state index contributed by atoms with van der Waals surface area (Å²) in [6.07, 6.45) is 5.13. The fourth-order valence-corrected chi connectivity index (χ4v) is 4.62. The number of anilines is 1. The molecule has 0 fully saturated rings. The van der Waals surface area contributed by atoms with Crippen molar-refractivity contribution in [1.29, 1.82) is 0 Å². The van der Waals surface area contributed by atoms with Gasteiger partial charge in [0.25, 0.3) is 5.69 Å². The quantitative estimate of drug-likeness (QED) is 0.143. The van der Waals surface area contributed by atoms with Gasteiger partial charge in [0.1, 0.15) is 18.2 Å². The summed E-state index contributed by atoms with van der Waals surface area (Å²) in [7, 11) is -1.31. The van der Waals surface area contributed by atoms with Crippen LogP contribution in [-0.2, 0) is 21.0 Å². The van der Waals surface area contributed by atoms with E-state index in [9.17, 15) is 19.7 Å². The number of benzene rings is 1. The van der Waals surface area contributed by atoms with E-state index >= 15 is 0 Å². The lowest BCUT2D eigenvalue weighted by Crippen LogP contribution is -2.35. The predicted octanol–water partition coefficient (Wildman–Crippen LogP) is 5.87. The first kappa shape index (κ1) is 30.0. The lowest BCUT2D eigenvalue weighted by molar-refractivity contribution is -0.384. The first-order valence-corrected chi connectivity index (χ1v) is 16.7. The number of carbonyl (C=O) groups excluding carboxylic acids is 2. The number of rotatable bonds is 7. The largest absolute Gasteiger partial charge is 0.444 e. The Kier molecular flexibility index (Phi) is 9.33. The summed E-state index contributed by atoms with van der Waals surface area (Å²) in [6.45, 7) is 14.7. The molecule has 2 amide bonds. The van der Waals surface area contributed by atoms with E-state index in [-0.39, 0.29) is 24.0 Å². The number of nitro benzene ring substituents is 1. The minimum Gasteiger partial charge on any atom is -0.444 e. The Morgan fingerprint density at radius 2 is 2.03 bits per heavy atom. The molecule has 212 valence electrons. The van der Waals surface area contributed by atoms with Gasteiger partial charge in [-0.25, -0.2) is 9.78 Å². The van der Waals surface area contributed by atoms with Crippen molar-refractivity contribution in [2.75, 3.05) is 11.9 Å². The molecule has 11 nitrogen and oxygen atoms in total. The van der Waals surface area contributed by atoms with Crippen LogP contribution in [-0.4, -0.2) is 46.8 Å². The first-order valence-electron chi connectivity index (χ1n) is 13.0. The monoisotopic (exact) mass is 557 g/mol. The third kappa shape index (κ3) is 8.75. The Morgan fingerprint density at radius 1 is 1.31 bits per heavy atom. The molecule has 0 spiro atoms. The van der Waals surface area contributed by atoms with Crippen molar-refractivity contribution in [3.63, 3.8) is 0 Å². The topological polar surface area (TPSA) is 138 Å². The zero-order chi connectivity index (χ0) is 29.0. The van der Waals surface area contributed by atoms with E-state index in [1.54, 1.807) is 50.6 Å². The van der Waals surface area contributed by atoms with Crippen LogP contribution < -0.4 is 10.6 Å². The van der Waals surface area contributed by atoms with Gasteiger partial charge in [0.15, 0.2) is 0 Å². The van der Waals surface area contributed by atoms with Gasteiger partial charge in [-0.15, -0.1) is 0 Å². The minimum absolute atomic E-state index is 0.154. The smallest absolute Gasteiger partial charge is 0.408 e. The van der Waals surface area contributed by atoms with E-state index in [1.165, 1.54) is 12.1 Å². The summed E-state index contributed by atoms with van der Waals surface area (Å²) in [4.78, 5) is 41.5. The van der Waals surface area contributed by atoms with Crippen LogP contribution in [0, 0.1) is 16.0 Å². The molecule has 0 saturated carbocycles. The molecular weight excluding hydrogens is 518 g/mol. The van der Waals surface area contributed by atoms with Crippen molar-refractivity contribution in [2.45, 2.75) is 78.2 Å². The van der Waals surface area contributed by atoms with Crippen LogP contribution in [0.2, 0.25) is 25.7 Å². The van der Waals surface area contributed by atoms with Crippen LogP contribution in [0.25, 0.3) is 11.4 Å².